The fourth-order valence-electron chi connectivity index (χ4n) is 1.89. The summed E-state index contributed by atoms with van der Waals surface area (Å²) in [4.78, 5) is 4.06. The van der Waals surface area contributed by atoms with E-state index in [9.17, 15) is 4.39 Å². The molecule has 2 nitrogen and oxygen atoms in total. The van der Waals surface area contributed by atoms with E-state index < -0.39 is 0 Å². The van der Waals surface area contributed by atoms with Gasteiger partial charge in [0.1, 0.15) is 5.03 Å². The first kappa shape index (κ1) is 10.9. The molecule has 1 fully saturated rings. The summed E-state index contributed by atoms with van der Waals surface area (Å²) in [7, 11) is 0. The molecule has 1 saturated heterocycles. The van der Waals surface area contributed by atoms with Gasteiger partial charge in [-0.1, -0.05) is 0 Å². The lowest BCUT2D eigenvalue weighted by atomic mass is 10.2. The predicted octanol–water partition coefficient (Wildman–Crippen LogP) is 3.10. The minimum atomic E-state index is -0.228. The molecule has 1 aromatic rings. The van der Waals surface area contributed by atoms with Gasteiger partial charge in [-0.2, -0.15) is 0 Å². The van der Waals surface area contributed by atoms with Gasteiger partial charge in [0, 0.05) is 18.3 Å². The van der Waals surface area contributed by atoms with Crippen LogP contribution in [-0.2, 0) is 0 Å². The minimum Gasteiger partial charge on any atom is -0.245 e. The molecule has 0 radical (unpaired) electrons. The van der Waals surface area contributed by atoms with Crippen LogP contribution in [-0.4, -0.2) is 21.4 Å². The van der Waals surface area contributed by atoms with E-state index in [0.717, 1.165) is 0 Å². The molecule has 0 aliphatic carbocycles. The highest BCUT2D eigenvalue weighted by molar-refractivity contribution is 7.97. The smallest absolute Gasteiger partial charge is 0.156 e. The maximum atomic E-state index is 13.4. The maximum absolute atomic E-state index is 13.4. The third-order valence-corrected chi connectivity index (χ3v) is 4.19. The molecule has 1 aromatic heterocycles. The van der Waals surface area contributed by atoms with E-state index in [1.165, 1.54) is 30.9 Å². The second-order valence-corrected chi connectivity index (χ2v) is 5.01. The fourth-order valence-corrected chi connectivity index (χ4v) is 2.92. The Labute approximate surface area is 94.0 Å². The van der Waals surface area contributed by atoms with E-state index >= 15 is 0 Å². The summed E-state index contributed by atoms with van der Waals surface area (Å²) in [6, 6.07) is 4.09. The molecule has 0 aromatic carbocycles. The molecule has 0 spiro atoms. The van der Waals surface area contributed by atoms with Crippen molar-refractivity contribution in [2.45, 2.75) is 43.8 Å². The third-order valence-electron chi connectivity index (χ3n) is 2.79. The van der Waals surface area contributed by atoms with E-state index in [-0.39, 0.29) is 5.82 Å². The number of hydrogen-bond acceptors (Lipinski definition) is 3. The van der Waals surface area contributed by atoms with Gasteiger partial charge in [0.05, 0.1) is 0 Å². The molecule has 0 saturated carbocycles. The highest BCUT2D eigenvalue weighted by atomic mass is 32.2. The Balaban J connectivity index is 2.11. The van der Waals surface area contributed by atoms with Gasteiger partial charge >= 0.3 is 0 Å². The Hall–Kier alpha value is -0.610. The summed E-state index contributed by atoms with van der Waals surface area (Å²) in [5.74, 6) is -0.228. The van der Waals surface area contributed by atoms with Gasteiger partial charge in [0.25, 0.3) is 0 Å². The normalized spacial score (nSPS) is 27.1. The van der Waals surface area contributed by atoms with Crippen molar-refractivity contribution in [1.82, 2.24) is 9.29 Å². The summed E-state index contributed by atoms with van der Waals surface area (Å²) in [6.45, 7) is 4.36. The molecule has 0 N–H and O–H groups in total. The largest absolute Gasteiger partial charge is 0.245 e. The first-order chi connectivity index (χ1) is 7.18. The van der Waals surface area contributed by atoms with Crippen LogP contribution in [0.2, 0.25) is 0 Å². The van der Waals surface area contributed by atoms with Crippen LogP contribution in [0.4, 0.5) is 4.39 Å². The summed E-state index contributed by atoms with van der Waals surface area (Å²) in [6.07, 6.45) is 4.00. The van der Waals surface area contributed by atoms with Gasteiger partial charge in [-0.3, -0.25) is 0 Å². The fraction of sp³-hybridized carbons (Fsp3) is 0.545. The van der Waals surface area contributed by atoms with Crippen LogP contribution in [0.1, 0.15) is 26.7 Å². The van der Waals surface area contributed by atoms with Crippen molar-refractivity contribution in [3.63, 3.8) is 0 Å². The number of nitrogens with zero attached hydrogens (tertiary/aromatic N) is 2. The van der Waals surface area contributed by atoms with Gasteiger partial charge in [0.2, 0.25) is 0 Å². The van der Waals surface area contributed by atoms with E-state index in [0.29, 0.717) is 17.1 Å². The molecule has 2 rings (SSSR count). The standard InChI is InChI=1S/C11H15FN2S/c1-8-5-6-9(2)14(8)15-11-10(12)4-3-7-13-11/h3-4,7-9H,5-6H2,1-2H3/t8-,9+. The molecule has 82 valence electrons. The monoisotopic (exact) mass is 226 g/mol. The lowest BCUT2D eigenvalue weighted by Crippen LogP contribution is -2.25. The number of aromatic nitrogens is 1. The van der Waals surface area contributed by atoms with Crippen LogP contribution in [0.15, 0.2) is 23.4 Å². The van der Waals surface area contributed by atoms with E-state index in [1.54, 1.807) is 12.3 Å². The molecule has 0 unspecified atom stereocenters. The number of halogens is 1. The zero-order chi connectivity index (χ0) is 10.8. The van der Waals surface area contributed by atoms with Crippen molar-refractivity contribution in [3.8, 4) is 0 Å². The Morgan fingerprint density at radius 1 is 1.40 bits per heavy atom. The van der Waals surface area contributed by atoms with Crippen LogP contribution in [0.5, 0.6) is 0 Å². The molecule has 0 amide bonds. The summed E-state index contributed by atoms with van der Waals surface area (Å²) >= 11 is 1.44. The van der Waals surface area contributed by atoms with Crippen LogP contribution in [0, 0.1) is 5.82 Å². The molecular formula is C11H15FN2S. The molecule has 0 bridgehead atoms. The Morgan fingerprint density at radius 2 is 2.07 bits per heavy atom. The van der Waals surface area contributed by atoms with E-state index in [2.05, 4.69) is 23.1 Å². The molecular weight excluding hydrogens is 211 g/mol. The van der Waals surface area contributed by atoms with Gasteiger partial charge in [-0.05, 0) is 50.8 Å². The second-order valence-electron chi connectivity index (χ2n) is 4.02. The Kier molecular flexibility index (Phi) is 3.26. The number of pyridine rings is 1. The van der Waals surface area contributed by atoms with Crippen LogP contribution in [0.3, 0.4) is 0 Å². The third kappa shape index (κ3) is 2.32. The number of hydrogen-bond donors (Lipinski definition) is 0. The van der Waals surface area contributed by atoms with Crippen molar-refractivity contribution in [1.29, 1.82) is 0 Å². The Bertz CT molecular complexity index is 335. The highest BCUT2D eigenvalue weighted by Crippen LogP contribution is 2.34. The van der Waals surface area contributed by atoms with E-state index in [1.807, 2.05) is 0 Å². The molecule has 1 aliphatic heterocycles. The van der Waals surface area contributed by atoms with Gasteiger partial charge in [-0.25, -0.2) is 13.7 Å². The SMILES string of the molecule is C[C@@H]1CC[C@H](C)N1Sc1ncccc1F. The zero-order valence-electron chi connectivity index (χ0n) is 8.98. The average Bonchev–Trinajstić information content (AvgIpc) is 2.53. The highest BCUT2D eigenvalue weighted by Gasteiger charge is 2.29. The van der Waals surface area contributed by atoms with E-state index in [4.69, 9.17) is 0 Å². The van der Waals surface area contributed by atoms with Gasteiger partial charge < -0.3 is 0 Å². The van der Waals surface area contributed by atoms with Crippen molar-refractivity contribution in [2.75, 3.05) is 0 Å². The van der Waals surface area contributed by atoms with Crippen molar-refractivity contribution < 1.29 is 4.39 Å². The number of rotatable bonds is 2. The second kappa shape index (κ2) is 4.49. The van der Waals surface area contributed by atoms with Crippen LogP contribution >= 0.6 is 11.9 Å². The van der Waals surface area contributed by atoms with Gasteiger partial charge in [0.15, 0.2) is 5.82 Å². The van der Waals surface area contributed by atoms with Gasteiger partial charge in [-0.15, -0.1) is 0 Å². The van der Waals surface area contributed by atoms with Crippen molar-refractivity contribution in [3.05, 3.63) is 24.1 Å². The molecule has 2 heterocycles. The quantitative estimate of drug-likeness (QED) is 0.721. The summed E-state index contributed by atoms with van der Waals surface area (Å²) in [5, 5.41) is 0.484. The zero-order valence-corrected chi connectivity index (χ0v) is 9.80. The van der Waals surface area contributed by atoms with Crippen molar-refractivity contribution in [2.24, 2.45) is 0 Å². The first-order valence-electron chi connectivity index (χ1n) is 5.25. The minimum absolute atomic E-state index is 0.228. The summed E-state index contributed by atoms with van der Waals surface area (Å²) in [5.41, 5.74) is 0. The van der Waals surface area contributed by atoms with Crippen LogP contribution in [0.25, 0.3) is 0 Å². The molecule has 15 heavy (non-hydrogen) atoms. The average molecular weight is 226 g/mol. The van der Waals surface area contributed by atoms with Crippen molar-refractivity contribution >= 4 is 11.9 Å². The lowest BCUT2D eigenvalue weighted by molar-refractivity contribution is 0.391. The first-order valence-corrected chi connectivity index (χ1v) is 6.02. The molecule has 4 heteroatoms. The summed E-state index contributed by atoms with van der Waals surface area (Å²) < 4.78 is 15.6. The molecule has 1 aliphatic rings. The lowest BCUT2D eigenvalue weighted by Gasteiger charge is -2.23. The predicted molar refractivity (Wildman–Crippen MR) is 60.0 cm³/mol. The van der Waals surface area contributed by atoms with Crippen LogP contribution < -0.4 is 0 Å². The maximum Gasteiger partial charge on any atom is 0.156 e. The Morgan fingerprint density at radius 3 is 2.67 bits per heavy atom. The topological polar surface area (TPSA) is 16.1 Å². The molecule has 2 atom stereocenters.